The number of nitrogens with zero attached hydrogens (tertiary/aromatic N) is 2. The van der Waals surface area contributed by atoms with Crippen LogP contribution in [-0.2, 0) is 0 Å². The molecule has 6 nitrogen and oxygen atoms in total. The minimum absolute atomic E-state index is 0.184. The highest BCUT2D eigenvalue weighted by Crippen LogP contribution is 2.20. The molecule has 17 heavy (non-hydrogen) atoms. The Morgan fingerprint density at radius 2 is 2.24 bits per heavy atom. The molecule has 0 bridgehead atoms. The van der Waals surface area contributed by atoms with Gasteiger partial charge in [0.15, 0.2) is 5.17 Å². The maximum atomic E-state index is 10.7. The number of aromatic hydroxyl groups is 1. The molecule has 0 heterocycles. The number of hydrogen-bond acceptors (Lipinski definition) is 5. The Balaban J connectivity index is 3.00. The predicted molar refractivity (Wildman–Crippen MR) is 67.8 cm³/mol. The number of nitrogens with two attached hydrogens (primary N) is 1. The highest BCUT2D eigenvalue weighted by Gasteiger charge is 2.11. The molecule has 1 aromatic carbocycles. The van der Waals surface area contributed by atoms with Gasteiger partial charge in [0.1, 0.15) is 11.3 Å². The van der Waals surface area contributed by atoms with E-state index in [0.717, 1.165) is 0 Å². The largest absolute Gasteiger partial charge is 0.506 e. The number of phenols is 1. The molecule has 0 aliphatic rings. The van der Waals surface area contributed by atoms with Crippen LogP contribution in [0.4, 0.5) is 0 Å². The van der Waals surface area contributed by atoms with E-state index in [9.17, 15) is 9.90 Å². The van der Waals surface area contributed by atoms with E-state index in [0.29, 0.717) is 0 Å². The molecule has 0 amide bonds. The minimum atomic E-state index is -1.20. The van der Waals surface area contributed by atoms with Crippen molar-refractivity contribution in [1.29, 1.82) is 0 Å². The summed E-state index contributed by atoms with van der Waals surface area (Å²) in [5.74, 6) is -1.55. The molecule has 0 aromatic heterocycles. The first-order valence-electron chi connectivity index (χ1n) is 4.52. The molecule has 7 heteroatoms. The van der Waals surface area contributed by atoms with Gasteiger partial charge in [0.25, 0.3) is 0 Å². The first-order valence-corrected chi connectivity index (χ1v) is 5.74. The van der Waals surface area contributed by atoms with Crippen LogP contribution in [0.25, 0.3) is 0 Å². The monoisotopic (exact) mass is 253 g/mol. The van der Waals surface area contributed by atoms with Crippen molar-refractivity contribution < 1.29 is 15.0 Å². The summed E-state index contributed by atoms with van der Waals surface area (Å²) in [6, 6.07) is 4.33. The molecular weight excluding hydrogens is 242 g/mol. The van der Waals surface area contributed by atoms with Crippen molar-refractivity contribution in [2.24, 2.45) is 15.9 Å². The zero-order chi connectivity index (χ0) is 12.8. The SMILES string of the molecule is CSC(N)=N/N=C\c1cccc(C(=O)O)c1O. The van der Waals surface area contributed by atoms with Gasteiger partial charge in [-0.15, -0.1) is 5.10 Å². The van der Waals surface area contributed by atoms with Crippen molar-refractivity contribution in [3.05, 3.63) is 29.3 Å². The van der Waals surface area contributed by atoms with Crippen LogP contribution in [0.5, 0.6) is 5.75 Å². The number of thioether (sulfide) groups is 1. The van der Waals surface area contributed by atoms with Crippen LogP contribution in [0.3, 0.4) is 0 Å². The molecule has 0 spiro atoms. The Bertz CT molecular complexity index is 486. The van der Waals surface area contributed by atoms with E-state index < -0.39 is 5.97 Å². The van der Waals surface area contributed by atoms with Gasteiger partial charge in [-0.05, 0) is 18.4 Å². The van der Waals surface area contributed by atoms with Gasteiger partial charge in [0.05, 0.1) is 6.21 Å². The molecule has 0 unspecified atom stereocenters. The number of amidine groups is 1. The third-order valence-corrected chi connectivity index (χ3v) is 2.36. The minimum Gasteiger partial charge on any atom is -0.506 e. The molecule has 0 aliphatic heterocycles. The van der Waals surface area contributed by atoms with Crippen LogP contribution in [0, 0.1) is 0 Å². The smallest absolute Gasteiger partial charge is 0.339 e. The summed E-state index contributed by atoms with van der Waals surface area (Å²) in [5.41, 5.74) is 5.48. The molecule has 1 aromatic rings. The molecule has 0 aliphatic carbocycles. The zero-order valence-electron chi connectivity index (χ0n) is 8.99. The number of rotatable bonds is 3. The highest BCUT2D eigenvalue weighted by atomic mass is 32.2. The Labute approximate surface area is 102 Å². The quantitative estimate of drug-likeness (QED) is 0.424. The number of hydrogen-bond donors (Lipinski definition) is 3. The number of carboxylic acids is 1. The molecular formula is C10H11N3O3S. The molecule has 0 fully saturated rings. The summed E-state index contributed by atoms with van der Waals surface area (Å²) in [5, 5.41) is 25.9. The predicted octanol–water partition coefficient (Wildman–Crippen LogP) is 1.10. The fourth-order valence-electron chi connectivity index (χ4n) is 1.03. The molecule has 0 atom stereocenters. The highest BCUT2D eigenvalue weighted by molar-refractivity contribution is 8.13. The average molecular weight is 253 g/mol. The number of aromatic carboxylic acids is 1. The van der Waals surface area contributed by atoms with E-state index in [1.807, 2.05) is 0 Å². The lowest BCUT2D eigenvalue weighted by Crippen LogP contribution is -2.04. The molecule has 0 radical (unpaired) electrons. The molecule has 90 valence electrons. The second kappa shape index (κ2) is 5.90. The van der Waals surface area contributed by atoms with Crippen LogP contribution < -0.4 is 5.73 Å². The van der Waals surface area contributed by atoms with Crippen molar-refractivity contribution in [1.82, 2.24) is 0 Å². The maximum Gasteiger partial charge on any atom is 0.339 e. The number of carbonyl (C=O) groups is 1. The third kappa shape index (κ3) is 3.49. The lowest BCUT2D eigenvalue weighted by atomic mass is 10.1. The Morgan fingerprint density at radius 3 is 2.82 bits per heavy atom. The number of carboxylic acid groups (broad SMARTS) is 1. The van der Waals surface area contributed by atoms with Crippen molar-refractivity contribution in [2.45, 2.75) is 0 Å². The zero-order valence-corrected chi connectivity index (χ0v) is 9.81. The summed E-state index contributed by atoms with van der Waals surface area (Å²) in [6.45, 7) is 0. The molecule has 4 N–H and O–H groups in total. The van der Waals surface area contributed by atoms with Crippen molar-refractivity contribution in [3.63, 3.8) is 0 Å². The van der Waals surface area contributed by atoms with Crippen LogP contribution in [0.2, 0.25) is 0 Å². The summed E-state index contributed by atoms with van der Waals surface area (Å²) >= 11 is 1.23. The first kappa shape index (κ1) is 13.0. The summed E-state index contributed by atoms with van der Waals surface area (Å²) < 4.78 is 0. The van der Waals surface area contributed by atoms with Crippen molar-refractivity contribution in [3.8, 4) is 5.75 Å². The van der Waals surface area contributed by atoms with E-state index in [1.54, 1.807) is 6.26 Å². The summed E-state index contributed by atoms with van der Waals surface area (Å²) in [7, 11) is 0. The van der Waals surface area contributed by atoms with Gasteiger partial charge in [0.2, 0.25) is 0 Å². The summed E-state index contributed by atoms with van der Waals surface area (Å²) in [6.07, 6.45) is 2.99. The van der Waals surface area contributed by atoms with Gasteiger partial charge < -0.3 is 15.9 Å². The normalized spacial score (nSPS) is 11.9. The fraction of sp³-hybridized carbons (Fsp3) is 0.100. The number of benzene rings is 1. The van der Waals surface area contributed by atoms with Gasteiger partial charge in [-0.3, -0.25) is 0 Å². The van der Waals surface area contributed by atoms with E-state index in [4.69, 9.17) is 10.8 Å². The van der Waals surface area contributed by atoms with E-state index in [2.05, 4.69) is 10.2 Å². The van der Waals surface area contributed by atoms with E-state index in [-0.39, 0.29) is 22.0 Å². The van der Waals surface area contributed by atoms with Gasteiger partial charge >= 0.3 is 5.97 Å². The Hall–Kier alpha value is -2.02. The average Bonchev–Trinajstić information content (AvgIpc) is 2.30. The Kier molecular flexibility index (Phi) is 4.53. The number of para-hydroxylation sites is 1. The molecule has 0 saturated heterocycles. The fourth-order valence-corrected chi connectivity index (χ4v) is 1.16. The van der Waals surface area contributed by atoms with Gasteiger partial charge in [-0.2, -0.15) is 5.10 Å². The maximum absolute atomic E-state index is 10.7. The first-order chi connectivity index (χ1) is 8.06. The standard InChI is InChI=1S/C10H11N3O3S/c1-17-10(11)13-12-5-6-3-2-4-7(8(6)14)9(15)16/h2-5,14H,1H3,(H2,11,13)(H,15,16)/b12-5-. The van der Waals surface area contributed by atoms with Crippen LogP contribution in [0.1, 0.15) is 15.9 Å². The second-order valence-corrected chi connectivity index (χ2v) is 3.76. The van der Waals surface area contributed by atoms with Gasteiger partial charge in [-0.1, -0.05) is 17.8 Å². The van der Waals surface area contributed by atoms with Crippen LogP contribution in [0.15, 0.2) is 28.4 Å². The lowest BCUT2D eigenvalue weighted by molar-refractivity contribution is 0.0693. The molecule has 0 saturated carbocycles. The van der Waals surface area contributed by atoms with Gasteiger partial charge in [-0.25, -0.2) is 4.79 Å². The summed E-state index contributed by atoms with van der Waals surface area (Å²) in [4.78, 5) is 10.7. The van der Waals surface area contributed by atoms with Crippen molar-refractivity contribution >= 4 is 29.1 Å². The van der Waals surface area contributed by atoms with Gasteiger partial charge in [0, 0.05) is 5.56 Å². The van der Waals surface area contributed by atoms with Crippen LogP contribution in [-0.4, -0.2) is 33.8 Å². The Morgan fingerprint density at radius 1 is 1.53 bits per heavy atom. The van der Waals surface area contributed by atoms with Crippen molar-refractivity contribution in [2.75, 3.05) is 6.26 Å². The van der Waals surface area contributed by atoms with Crippen LogP contribution >= 0.6 is 11.8 Å². The van der Waals surface area contributed by atoms with E-state index in [1.165, 1.54) is 36.2 Å². The third-order valence-electron chi connectivity index (χ3n) is 1.86. The second-order valence-electron chi connectivity index (χ2n) is 2.94. The lowest BCUT2D eigenvalue weighted by Gasteiger charge is -2.01. The molecule has 1 rings (SSSR count). The topological polar surface area (TPSA) is 108 Å². The van der Waals surface area contributed by atoms with E-state index >= 15 is 0 Å².